The highest BCUT2D eigenvalue weighted by Crippen LogP contribution is 2.20. The van der Waals surface area contributed by atoms with E-state index in [-0.39, 0.29) is 13.1 Å². The van der Waals surface area contributed by atoms with Crippen LogP contribution in [0.2, 0.25) is 0 Å². The second-order valence-corrected chi connectivity index (χ2v) is 6.94. The summed E-state index contributed by atoms with van der Waals surface area (Å²) in [6.45, 7) is 3.50. The number of nitrogens with one attached hydrogen (secondary N) is 2. The van der Waals surface area contributed by atoms with E-state index in [1.807, 2.05) is 0 Å². The van der Waals surface area contributed by atoms with E-state index in [4.69, 9.17) is 4.74 Å². The Hall–Kier alpha value is -1.09. The van der Waals surface area contributed by atoms with Gasteiger partial charge < -0.3 is 10.1 Å². The van der Waals surface area contributed by atoms with Crippen LogP contribution in [-0.4, -0.2) is 34.7 Å². The topological polar surface area (TPSA) is 67.4 Å². The van der Waals surface area contributed by atoms with Crippen LogP contribution in [-0.2, 0) is 21.3 Å². The van der Waals surface area contributed by atoms with E-state index < -0.39 is 32.2 Å². The summed E-state index contributed by atoms with van der Waals surface area (Å²) in [5.41, 5.74) is -0.423. The van der Waals surface area contributed by atoms with Crippen molar-refractivity contribution in [2.45, 2.75) is 30.9 Å². The zero-order valence-corrected chi connectivity index (χ0v) is 13.3. The molecule has 0 radical (unpaired) electrons. The third kappa shape index (κ3) is 4.70. The van der Waals surface area contributed by atoms with Crippen molar-refractivity contribution < 1.29 is 21.9 Å². The predicted molar refractivity (Wildman–Crippen MR) is 75.4 cm³/mol. The molecule has 1 aromatic carbocycles. The normalized spacial score (nSPS) is 12.7. The number of benzene rings is 1. The van der Waals surface area contributed by atoms with Gasteiger partial charge in [0.25, 0.3) is 0 Å². The average Bonchev–Trinajstić information content (AvgIpc) is 2.41. The highest BCUT2D eigenvalue weighted by Gasteiger charge is 2.26. The lowest BCUT2D eigenvalue weighted by Gasteiger charge is -2.23. The van der Waals surface area contributed by atoms with E-state index >= 15 is 0 Å². The summed E-state index contributed by atoms with van der Waals surface area (Å²) in [6, 6.07) is 2.07. The van der Waals surface area contributed by atoms with Crippen LogP contribution in [0, 0.1) is 11.6 Å². The largest absolute Gasteiger partial charge is 0.377 e. The van der Waals surface area contributed by atoms with Crippen molar-refractivity contribution in [2.75, 3.05) is 20.7 Å². The molecule has 0 aromatic heterocycles. The van der Waals surface area contributed by atoms with Gasteiger partial charge in [0, 0.05) is 20.2 Å². The van der Waals surface area contributed by atoms with Crippen LogP contribution in [0.25, 0.3) is 0 Å². The fraction of sp³-hybridized carbons (Fsp3) is 0.538. The molecule has 0 heterocycles. The Bertz CT molecular complexity index is 604. The maximum Gasteiger partial charge on any atom is 0.243 e. The highest BCUT2D eigenvalue weighted by atomic mass is 32.2. The van der Waals surface area contributed by atoms with Crippen LogP contribution >= 0.6 is 0 Å². The minimum atomic E-state index is -4.17. The fourth-order valence-corrected chi connectivity index (χ4v) is 2.87. The van der Waals surface area contributed by atoms with Gasteiger partial charge in [-0.1, -0.05) is 0 Å². The first-order chi connectivity index (χ1) is 9.63. The minimum Gasteiger partial charge on any atom is -0.377 e. The van der Waals surface area contributed by atoms with E-state index in [0.29, 0.717) is 5.56 Å². The van der Waals surface area contributed by atoms with E-state index in [9.17, 15) is 17.2 Å². The Kier molecular flexibility index (Phi) is 5.80. The van der Waals surface area contributed by atoms with E-state index in [1.165, 1.54) is 7.11 Å². The van der Waals surface area contributed by atoms with Crippen LogP contribution in [0.4, 0.5) is 8.78 Å². The molecule has 2 N–H and O–H groups in total. The van der Waals surface area contributed by atoms with Gasteiger partial charge in [-0.05, 0) is 38.6 Å². The quantitative estimate of drug-likeness (QED) is 0.796. The van der Waals surface area contributed by atoms with Crippen molar-refractivity contribution in [3.63, 3.8) is 0 Å². The van der Waals surface area contributed by atoms with Gasteiger partial charge in [0.15, 0.2) is 11.6 Å². The SMILES string of the molecule is CNCc1cc(F)c(F)c(S(=O)(=O)NCC(C)(C)OC)c1. The number of ether oxygens (including phenoxy) is 1. The number of methoxy groups -OCH3 is 1. The minimum absolute atomic E-state index is 0.0663. The molecule has 0 amide bonds. The number of hydrogen-bond donors (Lipinski definition) is 2. The zero-order valence-electron chi connectivity index (χ0n) is 12.5. The van der Waals surface area contributed by atoms with E-state index in [0.717, 1.165) is 12.1 Å². The first kappa shape index (κ1) is 18.0. The monoisotopic (exact) mass is 322 g/mol. The van der Waals surface area contributed by atoms with Crippen molar-refractivity contribution in [1.82, 2.24) is 10.0 Å². The molecule has 1 aromatic rings. The molecule has 0 aliphatic rings. The molecule has 1 rings (SSSR count). The Morgan fingerprint density at radius 2 is 1.90 bits per heavy atom. The van der Waals surface area contributed by atoms with Crippen molar-refractivity contribution in [3.8, 4) is 0 Å². The molecule has 0 atom stereocenters. The fourth-order valence-electron chi connectivity index (χ4n) is 1.54. The van der Waals surface area contributed by atoms with Crippen molar-refractivity contribution in [1.29, 1.82) is 0 Å². The zero-order chi connectivity index (χ0) is 16.3. The Morgan fingerprint density at radius 1 is 1.29 bits per heavy atom. The second kappa shape index (κ2) is 6.78. The molecule has 5 nitrogen and oxygen atoms in total. The van der Waals surface area contributed by atoms with E-state index in [1.54, 1.807) is 20.9 Å². The van der Waals surface area contributed by atoms with Gasteiger partial charge >= 0.3 is 0 Å². The second-order valence-electron chi connectivity index (χ2n) is 5.21. The Labute approximate surface area is 123 Å². The summed E-state index contributed by atoms with van der Waals surface area (Å²) in [4.78, 5) is -0.709. The van der Waals surface area contributed by atoms with Crippen LogP contribution < -0.4 is 10.0 Å². The van der Waals surface area contributed by atoms with Gasteiger partial charge in [-0.2, -0.15) is 0 Å². The molecule has 0 bridgehead atoms. The molecule has 0 fully saturated rings. The summed E-state index contributed by atoms with van der Waals surface area (Å²) in [5.74, 6) is -2.59. The molecule has 0 saturated carbocycles. The number of hydrogen-bond acceptors (Lipinski definition) is 4. The summed E-state index contributed by atoms with van der Waals surface area (Å²) in [6.07, 6.45) is 0. The summed E-state index contributed by atoms with van der Waals surface area (Å²) < 4.78 is 58.9. The highest BCUT2D eigenvalue weighted by molar-refractivity contribution is 7.89. The first-order valence-electron chi connectivity index (χ1n) is 6.30. The van der Waals surface area contributed by atoms with Gasteiger partial charge in [0.2, 0.25) is 10.0 Å². The van der Waals surface area contributed by atoms with Gasteiger partial charge in [-0.15, -0.1) is 0 Å². The smallest absolute Gasteiger partial charge is 0.243 e. The van der Waals surface area contributed by atoms with Crippen LogP contribution in [0.3, 0.4) is 0 Å². The van der Waals surface area contributed by atoms with Crippen molar-refractivity contribution in [2.24, 2.45) is 0 Å². The standard InChI is InChI=1S/C13H20F2N2O3S/c1-13(2,20-4)8-17-21(18,19)11-6-9(7-16-3)5-10(14)12(11)15/h5-6,16-17H,7-8H2,1-4H3. The number of halogens is 2. The molecule has 21 heavy (non-hydrogen) atoms. The van der Waals surface area contributed by atoms with Gasteiger partial charge in [0.1, 0.15) is 4.90 Å². The average molecular weight is 322 g/mol. The Balaban J connectivity index is 3.13. The van der Waals surface area contributed by atoms with Crippen molar-refractivity contribution in [3.05, 3.63) is 29.3 Å². The molecule has 0 unspecified atom stereocenters. The van der Waals surface area contributed by atoms with Crippen LogP contribution in [0.1, 0.15) is 19.4 Å². The molecule has 0 spiro atoms. The molecule has 0 aliphatic heterocycles. The summed E-state index contributed by atoms with van der Waals surface area (Å²) in [5, 5.41) is 2.75. The molecular weight excluding hydrogens is 302 g/mol. The first-order valence-corrected chi connectivity index (χ1v) is 7.78. The third-order valence-electron chi connectivity index (χ3n) is 2.97. The Morgan fingerprint density at radius 3 is 2.43 bits per heavy atom. The predicted octanol–water partition coefficient (Wildman–Crippen LogP) is 1.39. The third-order valence-corrected chi connectivity index (χ3v) is 4.37. The lowest BCUT2D eigenvalue weighted by Crippen LogP contribution is -2.40. The molecular formula is C13H20F2N2O3S. The van der Waals surface area contributed by atoms with Crippen molar-refractivity contribution >= 4 is 10.0 Å². The molecule has 0 saturated heterocycles. The van der Waals surface area contributed by atoms with Gasteiger partial charge in [-0.3, -0.25) is 0 Å². The maximum atomic E-state index is 13.8. The lowest BCUT2D eigenvalue weighted by molar-refractivity contribution is 0.0276. The molecule has 120 valence electrons. The summed E-state index contributed by atoms with van der Waals surface area (Å²) >= 11 is 0. The molecule has 8 heteroatoms. The number of sulfonamides is 1. The van der Waals surface area contributed by atoms with Crippen LogP contribution in [0.15, 0.2) is 17.0 Å². The van der Waals surface area contributed by atoms with Crippen LogP contribution in [0.5, 0.6) is 0 Å². The van der Waals surface area contributed by atoms with Gasteiger partial charge in [0.05, 0.1) is 5.60 Å². The summed E-state index contributed by atoms with van der Waals surface area (Å²) in [7, 11) is -1.12. The molecule has 0 aliphatic carbocycles. The maximum absolute atomic E-state index is 13.8. The lowest BCUT2D eigenvalue weighted by atomic mass is 10.1. The van der Waals surface area contributed by atoms with Gasteiger partial charge in [-0.25, -0.2) is 21.9 Å². The van der Waals surface area contributed by atoms with E-state index in [2.05, 4.69) is 10.0 Å². The number of rotatable bonds is 7.